The molecule has 0 bridgehead atoms. The molecule has 0 aliphatic carbocycles. The van der Waals surface area contributed by atoms with Crippen LogP contribution in [0.1, 0.15) is 0 Å². The normalized spacial score (nSPS) is 10.6. The summed E-state index contributed by atoms with van der Waals surface area (Å²) < 4.78 is 0. The summed E-state index contributed by atoms with van der Waals surface area (Å²) in [5.74, 6) is 0. The quantitative estimate of drug-likeness (QED) is 0.584. The Morgan fingerprint density at radius 3 is 1.76 bits per heavy atom. The molecule has 1 aromatic heterocycles. The maximum Gasteiger partial charge on any atom is 0.0686 e. The first kappa shape index (κ1) is 13.3. The van der Waals surface area contributed by atoms with Crippen molar-refractivity contribution < 1.29 is 0 Å². The minimum atomic E-state index is 0.314. The van der Waals surface area contributed by atoms with Gasteiger partial charge in [0.15, 0.2) is 0 Å². The third-order valence-electron chi connectivity index (χ3n) is 2.15. The standard InChI is InChI=1S/C11H4Cl5N/c12-5-1-2-6(13)11(16)10(5)9-7(14)3-17-4-8(9)15/h1-4H. The van der Waals surface area contributed by atoms with Gasteiger partial charge in [0.2, 0.25) is 0 Å². The molecule has 0 saturated carbocycles. The minimum absolute atomic E-state index is 0.314. The SMILES string of the molecule is Clc1ccc(Cl)c(-c2c(Cl)cncc2Cl)c1Cl. The molecule has 0 saturated heterocycles. The van der Waals surface area contributed by atoms with Gasteiger partial charge in [0.1, 0.15) is 0 Å². The molecule has 6 heteroatoms. The monoisotopic (exact) mass is 325 g/mol. The van der Waals surface area contributed by atoms with Gasteiger partial charge in [-0.3, -0.25) is 4.98 Å². The van der Waals surface area contributed by atoms with E-state index in [4.69, 9.17) is 58.0 Å². The van der Waals surface area contributed by atoms with Crippen LogP contribution in [-0.4, -0.2) is 4.98 Å². The lowest BCUT2D eigenvalue weighted by Crippen LogP contribution is -1.87. The van der Waals surface area contributed by atoms with Crippen LogP contribution in [0.4, 0.5) is 0 Å². The summed E-state index contributed by atoms with van der Waals surface area (Å²) in [6.07, 6.45) is 2.94. The lowest BCUT2D eigenvalue weighted by atomic mass is 10.1. The number of hydrogen-bond donors (Lipinski definition) is 0. The van der Waals surface area contributed by atoms with Crippen molar-refractivity contribution in [3.05, 3.63) is 49.6 Å². The Labute approximate surface area is 123 Å². The van der Waals surface area contributed by atoms with Crippen LogP contribution in [-0.2, 0) is 0 Å². The Kier molecular flexibility index (Phi) is 4.06. The molecule has 1 nitrogen and oxygen atoms in total. The second kappa shape index (κ2) is 5.21. The maximum atomic E-state index is 6.12. The molecule has 0 N–H and O–H groups in total. The van der Waals surface area contributed by atoms with Gasteiger partial charge in [-0.15, -0.1) is 0 Å². The topological polar surface area (TPSA) is 12.9 Å². The van der Waals surface area contributed by atoms with Gasteiger partial charge in [0, 0.05) is 23.5 Å². The highest BCUT2D eigenvalue weighted by Crippen LogP contribution is 2.44. The second-order valence-corrected chi connectivity index (χ2v) is 5.20. The summed E-state index contributed by atoms with van der Waals surface area (Å²) in [4.78, 5) is 3.87. The zero-order valence-corrected chi connectivity index (χ0v) is 11.9. The van der Waals surface area contributed by atoms with Gasteiger partial charge >= 0.3 is 0 Å². The number of halogens is 5. The zero-order chi connectivity index (χ0) is 12.6. The van der Waals surface area contributed by atoms with Gasteiger partial charge in [0.25, 0.3) is 0 Å². The zero-order valence-electron chi connectivity index (χ0n) is 8.15. The molecule has 88 valence electrons. The lowest BCUT2D eigenvalue weighted by Gasteiger charge is -2.11. The van der Waals surface area contributed by atoms with Crippen molar-refractivity contribution in [1.82, 2.24) is 4.98 Å². The average molecular weight is 327 g/mol. The molecule has 0 aliphatic heterocycles. The first-order chi connectivity index (χ1) is 8.02. The molecular formula is C11H4Cl5N. The fraction of sp³-hybridized carbons (Fsp3) is 0. The molecule has 2 rings (SSSR count). The van der Waals surface area contributed by atoms with Crippen molar-refractivity contribution in [3.63, 3.8) is 0 Å². The van der Waals surface area contributed by atoms with Crippen LogP contribution < -0.4 is 0 Å². The van der Waals surface area contributed by atoms with E-state index in [2.05, 4.69) is 4.98 Å². The van der Waals surface area contributed by atoms with Gasteiger partial charge in [-0.05, 0) is 12.1 Å². The molecule has 0 atom stereocenters. The van der Waals surface area contributed by atoms with E-state index in [9.17, 15) is 0 Å². The van der Waals surface area contributed by atoms with E-state index in [1.807, 2.05) is 0 Å². The van der Waals surface area contributed by atoms with Gasteiger partial charge < -0.3 is 0 Å². The Balaban J connectivity index is 2.82. The van der Waals surface area contributed by atoms with E-state index in [1.165, 1.54) is 12.4 Å². The average Bonchev–Trinajstić information content (AvgIpc) is 2.28. The van der Waals surface area contributed by atoms with Crippen LogP contribution in [0.3, 0.4) is 0 Å². The van der Waals surface area contributed by atoms with E-state index >= 15 is 0 Å². The molecule has 1 heterocycles. The van der Waals surface area contributed by atoms with E-state index in [-0.39, 0.29) is 0 Å². The first-order valence-corrected chi connectivity index (χ1v) is 6.34. The van der Waals surface area contributed by atoms with E-state index in [0.29, 0.717) is 36.2 Å². The van der Waals surface area contributed by atoms with Crippen molar-refractivity contribution >= 4 is 58.0 Å². The molecule has 0 fully saturated rings. The van der Waals surface area contributed by atoms with Gasteiger partial charge in [-0.2, -0.15) is 0 Å². The fourth-order valence-electron chi connectivity index (χ4n) is 1.41. The van der Waals surface area contributed by atoms with Crippen LogP contribution in [0.15, 0.2) is 24.5 Å². The Bertz CT molecular complexity index is 562. The maximum absolute atomic E-state index is 6.12. The number of hydrogen-bond acceptors (Lipinski definition) is 1. The first-order valence-electron chi connectivity index (χ1n) is 4.45. The van der Waals surface area contributed by atoms with Crippen molar-refractivity contribution in [2.75, 3.05) is 0 Å². The highest BCUT2D eigenvalue weighted by molar-refractivity contribution is 6.48. The largest absolute Gasteiger partial charge is 0.262 e. The Hall–Kier alpha value is -0.180. The van der Waals surface area contributed by atoms with Crippen LogP contribution in [0.5, 0.6) is 0 Å². The minimum Gasteiger partial charge on any atom is -0.262 e. The van der Waals surface area contributed by atoms with Crippen molar-refractivity contribution in [1.29, 1.82) is 0 Å². The fourth-order valence-corrected chi connectivity index (χ4v) is 2.68. The molecule has 0 radical (unpaired) electrons. The number of pyridine rings is 1. The Morgan fingerprint density at radius 2 is 1.18 bits per heavy atom. The van der Waals surface area contributed by atoms with Crippen molar-refractivity contribution in [3.8, 4) is 11.1 Å². The van der Waals surface area contributed by atoms with Crippen molar-refractivity contribution in [2.45, 2.75) is 0 Å². The molecule has 0 amide bonds. The van der Waals surface area contributed by atoms with Crippen LogP contribution in [0, 0.1) is 0 Å². The third kappa shape index (κ3) is 2.49. The van der Waals surface area contributed by atoms with E-state index in [1.54, 1.807) is 12.1 Å². The van der Waals surface area contributed by atoms with Gasteiger partial charge in [0.05, 0.1) is 25.1 Å². The molecule has 0 aliphatic rings. The molecule has 17 heavy (non-hydrogen) atoms. The van der Waals surface area contributed by atoms with Crippen molar-refractivity contribution in [2.24, 2.45) is 0 Å². The number of aromatic nitrogens is 1. The number of nitrogens with zero attached hydrogens (tertiary/aromatic N) is 1. The number of benzene rings is 1. The summed E-state index contributed by atoms with van der Waals surface area (Å²) in [7, 11) is 0. The highest BCUT2D eigenvalue weighted by atomic mass is 35.5. The third-order valence-corrected chi connectivity index (χ3v) is 3.84. The predicted octanol–water partition coefficient (Wildman–Crippen LogP) is 6.02. The molecule has 0 spiro atoms. The predicted molar refractivity (Wildman–Crippen MR) is 74.7 cm³/mol. The summed E-state index contributed by atoms with van der Waals surface area (Å²) in [5, 5.41) is 1.85. The van der Waals surface area contributed by atoms with E-state index < -0.39 is 0 Å². The van der Waals surface area contributed by atoms with E-state index in [0.717, 1.165) is 0 Å². The van der Waals surface area contributed by atoms with Crippen LogP contribution in [0.25, 0.3) is 11.1 Å². The smallest absolute Gasteiger partial charge is 0.0686 e. The summed E-state index contributed by atoms with van der Waals surface area (Å²) >= 11 is 30.3. The Morgan fingerprint density at radius 1 is 0.647 bits per heavy atom. The summed E-state index contributed by atoms with van der Waals surface area (Å²) in [6, 6.07) is 3.25. The summed E-state index contributed by atoms with van der Waals surface area (Å²) in [5.41, 5.74) is 1.04. The van der Waals surface area contributed by atoms with Gasteiger partial charge in [-0.1, -0.05) is 58.0 Å². The molecule has 0 unspecified atom stereocenters. The van der Waals surface area contributed by atoms with Crippen LogP contribution in [0.2, 0.25) is 25.1 Å². The number of rotatable bonds is 1. The summed E-state index contributed by atoms with van der Waals surface area (Å²) in [6.45, 7) is 0. The molecular weight excluding hydrogens is 323 g/mol. The molecule has 2 aromatic rings. The lowest BCUT2D eigenvalue weighted by molar-refractivity contribution is 1.33. The van der Waals surface area contributed by atoms with Crippen LogP contribution >= 0.6 is 58.0 Å². The second-order valence-electron chi connectivity index (χ2n) is 3.20. The highest BCUT2D eigenvalue weighted by Gasteiger charge is 2.17. The molecule has 1 aromatic carbocycles. The van der Waals surface area contributed by atoms with Gasteiger partial charge in [-0.25, -0.2) is 0 Å².